The zero-order valence-corrected chi connectivity index (χ0v) is 6.70. The molecule has 1 aromatic heterocycles. The molecule has 0 radical (unpaired) electrons. The van der Waals surface area contributed by atoms with Crippen molar-refractivity contribution in [2.45, 2.75) is 6.92 Å². The predicted molar refractivity (Wildman–Crippen MR) is 46.9 cm³/mol. The van der Waals surface area contributed by atoms with Gasteiger partial charge in [-0.2, -0.15) is 0 Å². The summed E-state index contributed by atoms with van der Waals surface area (Å²) in [5, 5.41) is 0. The lowest BCUT2D eigenvalue weighted by Gasteiger charge is -2.00. The van der Waals surface area contributed by atoms with E-state index in [0.717, 1.165) is 16.8 Å². The number of aliphatic imine (C=N–C) groups is 1. The Labute approximate surface area is 66.0 Å². The van der Waals surface area contributed by atoms with Gasteiger partial charge in [0.15, 0.2) is 0 Å². The molecule has 0 spiro atoms. The molecule has 0 atom stereocenters. The highest BCUT2D eigenvalue weighted by atomic mass is 14.7. The summed E-state index contributed by atoms with van der Waals surface area (Å²) >= 11 is 0. The summed E-state index contributed by atoms with van der Waals surface area (Å²) in [5.41, 5.74) is 8.36. The van der Waals surface area contributed by atoms with E-state index in [-0.39, 0.29) is 0 Å². The molecule has 0 saturated carbocycles. The normalized spacial score (nSPS) is 10.7. The molecule has 2 N–H and O–H groups in total. The zero-order chi connectivity index (χ0) is 8.27. The maximum Gasteiger partial charge on any atom is 0.0463 e. The van der Waals surface area contributed by atoms with Crippen molar-refractivity contribution in [1.29, 1.82) is 0 Å². The average Bonchev–Trinajstić information content (AvgIpc) is 1.99. The molecule has 1 rings (SSSR count). The molecule has 0 aliphatic rings. The van der Waals surface area contributed by atoms with Crippen LogP contribution in [0.3, 0.4) is 0 Å². The zero-order valence-electron chi connectivity index (χ0n) is 6.70. The summed E-state index contributed by atoms with van der Waals surface area (Å²) in [6, 6.07) is 0. The van der Waals surface area contributed by atoms with E-state index >= 15 is 0 Å². The topological polar surface area (TPSA) is 51.3 Å². The number of nitrogens with two attached hydrogens (primary N) is 1. The fourth-order valence-electron chi connectivity index (χ4n) is 0.838. The van der Waals surface area contributed by atoms with E-state index in [1.165, 1.54) is 0 Å². The first kappa shape index (κ1) is 7.72. The SMILES string of the molecule is CN=Cc1cncc(C)c1N. The summed E-state index contributed by atoms with van der Waals surface area (Å²) in [7, 11) is 1.71. The number of aromatic nitrogens is 1. The number of aryl methyl sites for hydroxylation is 1. The van der Waals surface area contributed by atoms with Crippen LogP contribution in [0.15, 0.2) is 17.4 Å². The Balaban J connectivity index is 3.16. The Hall–Kier alpha value is -1.38. The summed E-state index contributed by atoms with van der Waals surface area (Å²) in [4.78, 5) is 7.86. The Morgan fingerprint density at radius 3 is 2.91 bits per heavy atom. The Morgan fingerprint density at radius 1 is 1.55 bits per heavy atom. The predicted octanol–water partition coefficient (Wildman–Crippen LogP) is 1.02. The molecule has 11 heavy (non-hydrogen) atoms. The Kier molecular flexibility index (Phi) is 2.21. The van der Waals surface area contributed by atoms with E-state index < -0.39 is 0 Å². The van der Waals surface area contributed by atoms with Gasteiger partial charge < -0.3 is 5.73 Å². The molecule has 0 aliphatic carbocycles. The number of nitrogen functional groups attached to an aromatic ring is 1. The van der Waals surface area contributed by atoms with E-state index in [2.05, 4.69) is 9.98 Å². The van der Waals surface area contributed by atoms with Crippen molar-refractivity contribution in [3.63, 3.8) is 0 Å². The van der Waals surface area contributed by atoms with Crippen LogP contribution in [0.1, 0.15) is 11.1 Å². The summed E-state index contributed by atoms with van der Waals surface area (Å²) in [6.45, 7) is 1.93. The number of nitrogens with zero attached hydrogens (tertiary/aromatic N) is 2. The molecule has 58 valence electrons. The van der Waals surface area contributed by atoms with E-state index in [4.69, 9.17) is 5.73 Å². The first-order valence-corrected chi connectivity index (χ1v) is 3.38. The minimum absolute atomic E-state index is 0.755. The van der Waals surface area contributed by atoms with E-state index in [9.17, 15) is 0 Å². The van der Waals surface area contributed by atoms with Gasteiger partial charge in [-0.15, -0.1) is 0 Å². The molecule has 0 aromatic carbocycles. The molecule has 0 amide bonds. The van der Waals surface area contributed by atoms with E-state index in [0.29, 0.717) is 0 Å². The number of hydrogen-bond donors (Lipinski definition) is 1. The van der Waals surface area contributed by atoms with Crippen molar-refractivity contribution in [2.24, 2.45) is 4.99 Å². The van der Waals surface area contributed by atoms with Crippen molar-refractivity contribution in [3.05, 3.63) is 23.5 Å². The van der Waals surface area contributed by atoms with Crippen molar-refractivity contribution in [1.82, 2.24) is 4.98 Å². The Bertz CT molecular complexity index is 279. The highest BCUT2D eigenvalue weighted by Gasteiger charge is 1.97. The third kappa shape index (κ3) is 1.55. The second-order valence-corrected chi connectivity index (χ2v) is 2.35. The van der Waals surface area contributed by atoms with Gasteiger partial charge in [-0.3, -0.25) is 9.98 Å². The molecular weight excluding hydrogens is 138 g/mol. The quantitative estimate of drug-likeness (QED) is 0.606. The monoisotopic (exact) mass is 149 g/mol. The van der Waals surface area contributed by atoms with Crippen LogP contribution in [0.2, 0.25) is 0 Å². The third-order valence-corrected chi connectivity index (χ3v) is 1.49. The minimum Gasteiger partial charge on any atom is -0.398 e. The molecule has 3 heteroatoms. The smallest absolute Gasteiger partial charge is 0.0463 e. The number of pyridine rings is 1. The second kappa shape index (κ2) is 3.14. The molecule has 0 unspecified atom stereocenters. The van der Waals surface area contributed by atoms with Gasteiger partial charge in [-0.05, 0) is 12.5 Å². The summed E-state index contributed by atoms with van der Waals surface area (Å²) in [5.74, 6) is 0. The molecular formula is C8H11N3. The molecule has 1 heterocycles. The van der Waals surface area contributed by atoms with E-state index in [1.54, 1.807) is 25.7 Å². The molecule has 0 fully saturated rings. The van der Waals surface area contributed by atoms with Gasteiger partial charge in [0, 0.05) is 36.9 Å². The minimum atomic E-state index is 0.755. The van der Waals surface area contributed by atoms with Gasteiger partial charge in [0.25, 0.3) is 0 Å². The fourth-order valence-corrected chi connectivity index (χ4v) is 0.838. The van der Waals surface area contributed by atoms with Crippen molar-refractivity contribution in [3.8, 4) is 0 Å². The first-order valence-electron chi connectivity index (χ1n) is 3.38. The fraction of sp³-hybridized carbons (Fsp3) is 0.250. The van der Waals surface area contributed by atoms with Gasteiger partial charge in [0.2, 0.25) is 0 Å². The van der Waals surface area contributed by atoms with Crippen LogP contribution in [-0.2, 0) is 0 Å². The van der Waals surface area contributed by atoms with Crippen LogP contribution in [0.4, 0.5) is 5.69 Å². The maximum atomic E-state index is 5.74. The lowest BCUT2D eigenvalue weighted by molar-refractivity contribution is 1.26. The second-order valence-electron chi connectivity index (χ2n) is 2.35. The van der Waals surface area contributed by atoms with Crippen LogP contribution in [0.5, 0.6) is 0 Å². The highest BCUT2D eigenvalue weighted by Crippen LogP contribution is 2.11. The summed E-state index contributed by atoms with van der Waals surface area (Å²) in [6.07, 6.45) is 5.15. The van der Waals surface area contributed by atoms with Gasteiger partial charge in [-0.1, -0.05) is 0 Å². The standard InChI is InChI=1S/C8H11N3/c1-6-3-11-5-7(4-10-2)8(6)9/h3-5H,1-2H3,(H2,9,11). The van der Waals surface area contributed by atoms with Gasteiger partial charge in [0.05, 0.1) is 0 Å². The lowest BCUT2D eigenvalue weighted by atomic mass is 10.2. The van der Waals surface area contributed by atoms with Crippen molar-refractivity contribution >= 4 is 11.9 Å². The number of hydrogen-bond acceptors (Lipinski definition) is 3. The van der Waals surface area contributed by atoms with Crippen LogP contribution >= 0.6 is 0 Å². The average molecular weight is 149 g/mol. The molecule has 0 aliphatic heterocycles. The summed E-state index contributed by atoms with van der Waals surface area (Å²) < 4.78 is 0. The largest absolute Gasteiger partial charge is 0.398 e. The third-order valence-electron chi connectivity index (χ3n) is 1.49. The molecule has 0 bridgehead atoms. The number of anilines is 1. The molecule has 1 aromatic rings. The first-order chi connectivity index (χ1) is 5.25. The van der Waals surface area contributed by atoms with Crippen LogP contribution < -0.4 is 5.73 Å². The van der Waals surface area contributed by atoms with Gasteiger partial charge >= 0.3 is 0 Å². The lowest BCUT2D eigenvalue weighted by Crippen LogP contribution is -1.97. The maximum absolute atomic E-state index is 5.74. The molecule has 0 saturated heterocycles. The van der Waals surface area contributed by atoms with Crippen LogP contribution in [-0.4, -0.2) is 18.2 Å². The van der Waals surface area contributed by atoms with Crippen LogP contribution in [0.25, 0.3) is 0 Å². The van der Waals surface area contributed by atoms with Crippen LogP contribution in [0, 0.1) is 6.92 Å². The van der Waals surface area contributed by atoms with Crippen molar-refractivity contribution < 1.29 is 0 Å². The van der Waals surface area contributed by atoms with Gasteiger partial charge in [-0.25, -0.2) is 0 Å². The highest BCUT2D eigenvalue weighted by molar-refractivity contribution is 5.87. The van der Waals surface area contributed by atoms with E-state index in [1.807, 2.05) is 6.92 Å². The van der Waals surface area contributed by atoms with Crippen molar-refractivity contribution in [2.75, 3.05) is 12.8 Å². The Morgan fingerprint density at radius 2 is 2.27 bits per heavy atom. The molecule has 3 nitrogen and oxygen atoms in total. The number of rotatable bonds is 1. The van der Waals surface area contributed by atoms with Gasteiger partial charge in [0.1, 0.15) is 0 Å².